The molecule has 3 rings (SSSR count). The first-order valence-corrected chi connectivity index (χ1v) is 10.4. The van der Waals surface area contributed by atoms with Gasteiger partial charge in [0.25, 0.3) is 0 Å². The molecule has 0 radical (unpaired) electrons. The molecular weight excluding hydrogens is 362 g/mol. The minimum absolute atomic E-state index is 0.0850. The number of nitrogens with one attached hydrogen (secondary N) is 1. The molecule has 4 unspecified atom stereocenters. The summed E-state index contributed by atoms with van der Waals surface area (Å²) in [5.74, 6) is -1.36. The predicted molar refractivity (Wildman–Crippen MR) is 98.7 cm³/mol. The Balaban J connectivity index is 1.81. The molecule has 7 nitrogen and oxygen atoms in total. The van der Waals surface area contributed by atoms with Crippen LogP contribution in [0.2, 0.25) is 0 Å². The Labute approximate surface area is 155 Å². The number of carbonyl (C=O) groups excluding carboxylic acids is 1. The van der Waals surface area contributed by atoms with Crippen LogP contribution in [0.1, 0.15) is 20.3 Å². The number of hydrogen-bond donors (Lipinski definition) is 3. The van der Waals surface area contributed by atoms with E-state index in [0.29, 0.717) is 24.1 Å². The minimum atomic E-state index is -1.08. The van der Waals surface area contributed by atoms with E-state index in [1.165, 1.54) is 16.7 Å². The molecule has 3 heterocycles. The van der Waals surface area contributed by atoms with Crippen molar-refractivity contribution in [3.05, 3.63) is 10.6 Å². The lowest BCUT2D eigenvalue weighted by Gasteiger charge is -2.44. The van der Waals surface area contributed by atoms with Crippen LogP contribution >= 0.6 is 23.5 Å². The molecule has 3 N–H and O–H groups in total. The van der Waals surface area contributed by atoms with Gasteiger partial charge in [-0.25, -0.2) is 4.79 Å². The molecule has 9 heteroatoms. The Hall–Kier alpha value is -1.19. The topological polar surface area (TPSA) is 105 Å². The molecule has 138 valence electrons. The molecule has 25 heavy (non-hydrogen) atoms. The van der Waals surface area contributed by atoms with Crippen molar-refractivity contribution in [1.29, 1.82) is 5.41 Å². The number of aliphatic hydroxyl groups is 1. The van der Waals surface area contributed by atoms with E-state index in [0.717, 1.165) is 11.4 Å². The zero-order valence-electron chi connectivity index (χ0n) is 14.4. The molecule has 0 aliphatic carbocycles. The standard InChI is InChI=1S/C16H23N3O4S2/c1-7(20)13-9-4-10(14(16(22)23)19(9)15(13)21)25-12-6-18(8(2)17)5-11(12)24-3/h7,9,11-13,17,20H,4-6H2,1-3H3,(H,22,23)/t7?,9-,11?,12?,13?/m1/s1. The zero-order valence-corrected chi connectivity index (χ0v) is 16.1. The van der Waals surface area contributed by atoms with Crippen LogP contribution in [-0.4, -0.2) is 79.7 Å². The highest BCUT2D eigenvalue weighted by molar-refractivity contribution is 8.06. The lowest BCUT2D eigenvalue weighted by Crippen LogP contribution is -2.61. The number of nitrogens with zero attached hydrogens (tertiary/aromatic N) is 2. The molecule has 2 fully saturated rings. The Morgan fingerprint density at radius 2 is 2.00 bits per heavy atom. The Morgan fingerprint density at radius 3 is 2.52 bits per heavy atom. The third kappa shape index (κ3) is 3.06. The van der Waals surface area contributed by atoms with Crippen LogP contribution in [0.15, 0.2) is 10.6 Å². The first kappa shape index (κ1) is 18.6. The van der Waals surface area contributed by atoms with Crippen molar-refractivity contribution in [2.45, 2.75) is 42.9 Å². The number of amidine groups is 1. The number of carbonyl (C=O) groups is 2. The second-order valence-corrected chi connectivity index (χ2v) is 9.15. The molecule has 5 atom stereocenters. The largest absolute Gasteiger partial charge is 0.477 e. The van der Waals surface area contributed by atoms with Gasteiger partial charge in [-0.15, -0.1) is 11.8 Å². The second kappa shape index (κ2) is 6.85. The van der Waals surface area contributed by atoms with E-state index in [2.05, 4.69) is 0 Å². The molecule has 3 aliphatic heterocycles. The van der Waals surface area contributed by atoms with E-state index in [1.54, 1.807) is 25.6 Å². The van der Waals surface area contributed by atoms with Gasteiger partial charge in [0.1, 0.15) is 5.70 Å². The fraction of sp³-hybridized carbons (Fsp3) is 0.688. The van der Waals surface area contributed by atoms with Crippen molar-refractivity contribution >= 4 is 41.2 Å². The zero-order chi connectivity index (χ0) is 18.5. The summed E-state index contributed by atoms with van der Waals surface area (Å²) in [5.41, 5.74) is 0.0850. The number of aliphatic hydroxyl groups excluding tert-OH is 1. The summed E-state index contributed by atoms with van der Waals surface area (Å²) in [6.45, 7) is 4.84. The van der Waals surface area contributed by atoms with Gasteiger partial charge in [-0.2, -0.15) is 11.8 Å². The minimum Gasteiger partial charge on any atom is -0.477 e. The van der Waals surface area contributed by atoms with Gasteiger partial charge in [0.05, 0.1) is 23.9 Å². The Morgan fingerprint density at radius 1 is 1.36 bits per heavy atom. The highest BCUT2D eigenvalue weighted by Gasteiger charge is 2.57. The molecule has 0 aromatic rings. The molecule has 0 spiro atoms. The fourth-order valence-corrected chi connectivity index (χ4v) is 6.52. The van der Waals surface area contributed by atoms with Crippen LogP contribution in [0.4, 0.5) is 0 Å². The van der Waals surface area contributed by atoms with Gasteiger partial charge in [0, 0.05) is 34.9 Å². The van der Waals surface area contributed by atoms with Crippen LogP contribution in [0.25, 0.3) is 0 Å². The van der Waals surface area contributed by atoms with Gasteiger partial charge in [-0.3, -0.25) is 10.2 Å². The number of β-lactam (4-membered cyclic amide) rings is 1. The van der Waals surface area contributed by atoms with E-state index < -0.39 is 18.0 Å². The number of aliphatic carboxylic acids is 1. The number of rotatable bonds is 5. The van der Waals surface area contributed by atoms with E-state index in [4.69, 9.17) is 5.41 Å². The number of hydrogen-bond acceptors (Lipinski definition) is 6. The average molecular weight is 386 g/mol. The Bertz CT molecular complexity index is 651. The van der Waals surface area contributed by atoms with Gasteiger partial charge in [-0.1, -0.05) is 0 Å². The van der Waals surface area contributed by atoms with Crippen molar-refractivity contribution in [2.75, 3.05) is 19.3 Å². The molecule has 2 saturated heterocycles. The van der Waals surface area contributed by atoms with E-state index in [-0.39, 0.29) is 22.9 Å². The van der Waals surface area contributed by atoms with Gasteiger partial charge >= 0.3 is 5.97 Å². The molecule has 0 saturated carbocycles. The summed E-state index contributed by atoms with van der Waals surface area (Å²) in [4.78, 5) is 28.1. The van der Waals surface area contributed by atoms with Gasteiger partial charge in [-0.05, 0) is 20.1 Å². The lowest BCUT2D eigenvalue weighted by atomic mass is 9.83. The van der Waals surface area contributed by atoms with Gasteiger partial charge in [0.15, 0.2) is 0 Å². The van der Waals surface area contributed by atoms with E-state index in [1.807, 2.05) is 11.2 Å². The number of likely N-dealkylation sites (tertiary alicyclic amines) is 1. The normalized spacial score (nSPS) is 32.7. The first-order valence-electron chi connectivity index (χ1n) is 8.23. The SMILES string of the molecule is CSC1CN(C(C)=N)CC1SC1=C(C(=O)O)N2C(=O)C(C(C)O)[C@H]2C1. The number of amides is 1. The van der Waals surface area contributed by atoms with E-state index in [9.17, 15) is 19.8 Å². The van der Waals surface area contributed by atoms with Crippen molar-refractivity contribution < 1.29 is 19.8 Å². The van der Waals surface area contributed by atoms with E-state index >= 15 is 0 Å². The van der Waals surface area contributed by atoms with Crippen molar-refractivity contribution in [1.82, 2.24) is 9.80 Å². The summed E-state index contributed by atoms with van der Waals surface area (Å²) in [7, 11) is 0. The first-order chi connectivity index (χ1) is 11.8. The molecule has 1 amide bonds. The van der Waals surface area contributed by atoms with Gasteiger partial charge < -0.3 is 20.0 Å². The quantitative estimate of drug-likeness (QED) is 0.369. The predicted octanol–water partition coefficient (Wildman–Crippen LogP) is 1.04. The third-order valence-electron chi connectivity index (χ3n) is 5.18. The summed E-state index contributed by atoms with van der Waals surface area (Å²) < 4.78 is 0. The number of fused-ring (bicyclic) bond motifs is 1. The van der Waals surface area contributed by atoms with Crippen LogP contribution in [0.5, 0.6) is 0 Å². The monoisotopic (exact) mass is 385 g/mol. The molecule has 3 aliphatic rings. The third-order valence-corrected chi connectivity index (χ3v) is 7.86. The van der Waals surface area contributed by atoms with Gasteiger partial charge in [0.2, 0.25) is 5.91 Å². The molecule has 0 bridgehead atoms. The molecule has 0 aromatic carbocycles. The Kier molecular flexibility index (Phi) is 5.09. The molecule has 0 aromatic heterocycles. The van der Waals surface area contributed by atoms with Crippen LogP contribution in [0, 0.1) is 11.3 Å². The second-order valence-electron chi connectivity index (χ2n) is 6.74. The maximum Gasteiger partial charge on any atom is 0.353 e. The summed E-state index contributed by atoms with van der Waals surface area (Å²) in [6.07, 6.45) is 1.76. The number of thioether (sulfide) groups is 2. The van der Waals surface area contributed by atoms with Crippen LogP contribution in [-0.2, 0) is 9.59 Å². The maximum absolute atomic E-state index is 12.3. The number of carboxylic acid groups (broad SMARTS) is 1. The average Bonchev–Trinajstić information content (AvgIpc) is 3.06. The summed E-state index contributed by atoms with van der Waals surface area (Å²) in [5, 5.41) is 27.7. The molecular formula is C16H23N3O4S2. The fourth-order valence-electron chi connectivity index (χ4n) is 3.88. The van der Waals surface area contributed by atoms with Crippen molar-refractivity contribution in [3.8, 4) is 0 Å². The lowest BCUT2D eigenvalue weighted by molar-refractivity contribution is -0.161. The summed E-state index contributed by atoms with van der Waals surface area (Å²) >= 11 is 3.26. The highest BCUT2D eigenvalue weighted by Crippen LogP contribution is 2.49. The van der Waals surface area contributed by atoms with Crippen LogP contribution < -0.4 is 0 Å². The highest BCUT2D eigenvalue weighted by atomic mass is 32.2. The smallest absolute Gasteiger partial charge is 0.353 e. The van der Waals surface area contributed by atoms with Crippen molar-refractivity contribution in [3.63, 3.8) is 0 Å². The maximum atomic E-state index is 12.3. The summed E-state index contributed by atoms with van der Waals surface area (Å²) in [6, 6.07) is -0.240. The van der Waals surface area contributed by atoms with Crippen molar-refractivity contribution in [2.24, 2.45) is 5.92 Å². The van der Waals surface area contributed by atoms with Crippen LogP contribution in [0.3, 0.4) is 0 Å². The number of carboxylic acids is 1.